The summed E-state index contributed by atoms with van der Waals surface area (Å²) in [6.07, 6.45) is 1.52. The van der Waals surface area contributed by atoms with Crippen LogP contribution in [-0.2, 0) is 0 Å². The van der Waals surface area contributed by atoms with Gasteiger partial charge in [-0.05, 0) is 36.5 Å². The molecule has 1 aromatic carbocycles. The van der Waals surface area contributed by atoms with Gasteiger partial charge >= 0.3 is 0 Å². The number of rotatable bonds is 3. The predicted molar refractivity (Wildman–Crippen MR) is 90.5 cm³/mol. The summed E-state index contributed by atoms with van der Waals surface area (Å²) in [5.41, 5.74) is 3.71. The van der Waals surface area contributed by atoms with Gasteiger partial charge in [0, 0.05) is 5.39 Å². The van der Waals surface area contributed by atoms with Gasteiger partial charge in [-0.25, -0.2) is 14.8 Å². The average Bonchev–Trinajstić information content (AvgIpc) is 3.25. The molecular formula is C16H11N5O2S. The molecule has 0 radical (unpaired) electrons. The number of nitrogens with one attached hydrogen (secondary N) is 2. The number of pyridine rings is 1. The Morgan fingerprint density at radius 3 is 2.88 bits per heavy atom. The van der Waals surface area contributed by atoms with Crippen molar-refractivity contribution in [3.8, 4) is 11.6 Å². The summed E-state index contributed by atoms with van der Waals surface area (Å²) in [5, 5.41) is 7.67. The highest BCUT2D eigenvalue weighted by Gasteiger charge is 2.15. The summed E-state index contributed by atoms with van der Waals surface area (Å²) in [6, 6.07) is 14.5. The van der Waals surface area contributed by atoms with E-state index in [9.17, 15) is 4.79 Å². The van der Waals surface area contributed by atoms with E-state index in [4.69, 9.17) is 16.6 Å². The molecule has 0 aliphatic rings. The number of aromatic nitrogens is 4. The summed E-state index contributed by atoms with van der Waals surface area (Å²) in [5.74, 6) is 0.458. The molecule has 0 aliphatic carbocycles. The maximum Gasteiger partial charge on any atom is 0.288 e. The van der Waals surface area contributed by atoms with Crippen LogP contribution in [0, 0.1) is 4.77 Å². The number of H-pyrrole nitrogens is 1. The Morgan fingerprint density at radius 2 is 2.04 bits per heavy atom. The number of amides is 1. The van der Waals surface area contributed by atoms with Crippen LogP contribution in [0.3, 0.4) is 0 Å². The fourth-order valence-corrected chi connectivity index (χ4v) is 2.50. The summed E-state index contributed by atoms with van der Waals surface area (Å²) >= 11 is 5.16. The van der Waals surface area contributed by atoms with Crippen LogP contribution >= 0.6 is 12.2 Å². The smallest absolute Gasteiger partial charge is 0.288 e. The van der Waals surface area contributed by atoms with Crippen molar-refractivity contribution in [3.63, 3.8) is 0 Å². The molecule has 0 saturated heterocycles. The zero-order chi connectivity index (χ0) is 16.5. The summed E-state index contributed by atoms with van der Waals surface area (Å²) < 4.78 is 6.90. The number of carbonyl (C=O) groups excluding carboxylic acids is 1. The molecule has 0 atom stereocenters. The van der Waals surface area contributed by atoms with Gasteiger partial charge in [0.2, 0.25) is 10.6 Å². The van der Waals surface area contributed by atoms with Crippen molar-refractivity contribution in [2.24, 2.45) is 0 Å². The number of nitrogens with zero attached hydrogens (tertiary/aromatic N) is 3. The Balaban J connectivity index is 1.69. The lowest BCUT2D eigenvalue weighted by Gasteiger charge is -2.07. The van der Waals surface area contributed by atoms with Crippen molar-refractivity contribution in [2.45, 2.75) is 0 Å². The fraction of sp³-hybridized carbons (Fsp3) is 0. The number of hydrogen-bond acceptors (Lipinski definition) is 5. The average molecular weight is 337 g/mol. The molecule has 0 bridgehead atoms. The fourth-order valence-electron chi connectivity index (χ4n) is 2.32. The molecular weight excluding hydrogens is 326 g/mol. The van der Waals surface area contributed by atoms with E-state index in [1.165, 1.54) is 10.9 Å². The van der Waals surface area contributed by atoms with Gasteiger partial charge in [0.15, 0.2) is 5.76 Å². The summed E-state index contributed by atoms with van der Waals surface area (Å²) in [7, 11) is 0. The Labute approximate surface area is 140 Å². The van der Waals surface area contributed by atoms with Gasteiger partial charge in [-0.1, -0.05) is 24.3 Å². The second-order valence-corrected chi connectivity index (χ2v) is 5.38. The van der Waals surface area contributed by atoms with Crippen LogP contribution in [0.4, 0.5) is 0 Å². The minimum atomic E-state index is -0.397. The normalized spacial score (nSPS) is 10.8. The van der Waals surface area contributed by atoms with E-state index in [0.29, 0.717) is 11.6 Å². The van der Waals surface area contributed by atoms with E-state index in [1.54, 1.807) is 18.2 Å². The van der Waals surface area contributed by atoms with E-state index < -0.39 is 5.91 Å². The van der Waals surface area contributed by atoms with Crippen LogP contribution in [-0.4, -0.2) is 25.8 Å². The number of carbonyl (C=O) groups is 1. The van der Waals surface area contributed by atoms with Gasteiger partial charge in [0.25, 0.3) is 5.91 Å². The molecule has 3 heterocycles. The molecule has 8 heteroatoms. The number of furan rings is 1. The Kier molecular flexibility index (Phi) is 3.43. The molecule has 118 valence electrons. The molecule has 0 aliphatic heterocycles. The van der Waals surface area contributed by atoms with Crippen molar-refractivity contribution < 1.29 is 9.21 Å². The standard InChI is InChI=1S/C16H11N5O2S/c22-15(12-8-7-10-4-1-2-5-11(10)17-12)20-21-14(18-19-16(21)24)13-6-3-9-23-13/h1-9H,(H,19,24)(H,20,22). The van der Waals surface area contributed by atoms with Gasteiger partial charge in [0.1, 0.15) is 5.69 Å². The Morgan fingerprint density at radius 1 is 1.17 bits per heavy atom. The molecule has 0 fully saturated rings. The molecule has 4 rings (SSSR count). The van der Waals surface area contributed by atoms with Crippen LogP contribution in [0.15, 0.2) is 59.2 Å². The van der Waals surface area contributed by atoms with Crippen LogP contribution in [0.1, 0.15) is 10.5 Å². The summed E-state index contributed by atoms with van der Waals surface area (Å²) in [6.45, 7) is 0. The first kappa shape index (κ1) is 14.3. The van der Waals surface area contributed by atoms with E-state index in [0.717, 1.165) is 10.9 Å². The van der Waals surface area contributed by atoms with E-state index in [-0.39, 0.29) is 10.5 Å². The highest BCUT2D eigenvalue weighted by Crippen LogP contribution is 2.17. The van der Waals surface area contributed by atoms with Gasteiger partial charge in [-0.2, -0.15) is 0 Å². The first-order valence-electron chi connectivity index (χ1n) is 7.11. The SMILES string of the molecule is O=C(Nn1c(-c2ccco2)n[nH]c1=S)c1ccc2ccccc2n1. The molecule has 7 nitrogen and oxygen atoms in total. The van der Waals surface area contributed by atoms with Crippen molar-refractivity contribution in [1.29, 1.82) is 0 Å². The maximum absolute atomic E-state index is 12.5. The summed E-state index contributed by atoms with van der Waals surface area (Å²) in [4.78, 5) is 16.9. The third kappa shape index (κ3) is 2.48. The van der Waals surface area contributed by atoms with Crippen molar-refractivity contribution in [1.82, 2.24) is 19.9 Å². The Hall–Kier alpha value is -3.26. The number of benzene rings is 1. The molecule has 3 aromatic heterocycles. The number of hydrogen-bond donors (Lipinski definition) is 2. The molecule has 0 spiro atoms. The van der Waals surface area contributed by atoms with Gasteiger partial charge in [-0.15, -0.1) is 5.10 Å². The molecule has 1 amide bonds. The first-order chi connectivity index (χ1) is 11.7. The molecule has 2 N–H and O–H groups in total. The molecule has 0 unspecified atom stereocenters. The third-order valence-electron chi connectivity index (χ3n) is 3.46. The highest BCUT2D eigenvalue weighted by molar-refractivity contribution is 7.71. The maximum atomic E-state index is 12.5. The monoisotopic (exact) mass is 337 g/mol. The van der Waals surface area contributed by atoms with Crippen LogP contribution in [0.25, 0.3) is 22.5 Å². The van der Waals surface area contributed by atoms with Gasteiger partial charge < -0.3 is 4.42 Å². The van der Waals surface area contributed by atoms with Crippen LogP contribution in [0.5, 0.6) is 0 Å². The second kappa shape index (κ2) is 5.74. The number of fused-ring (bicyclic) bond motifs is 1. The lowest BCUT2D eigenvalue weighted by atomic mass is 10.2. The quantitative estimate of drug-likeness (QED) is 0.561. The highest BCUT2D eigenvalue weighted by atomic mass is 32.1. The van der Waals surface area contributed by atoms with E-state index in [1.807, 2.05) is 30.3 Å². The second-order valence-electron chi connectivity index (χ2n) is 5.00. The van der Waals surface area contributed by atoms with Crippen molar-refractivity contribution in [3.05, 3.63) is 65.3 Å². The largest absolute Gasteiger partial charge is 0.461 e. The van der Waals surface area contributed by atoms with E-state index in [2.05, 4.69) is 20.6 Å². The lowest BCUT2D eigenvalue weighted by molar-refractivity contribution is 0.100. The van der Waals surface area contributed by atoms with Crippen molar-refractivity contribution in [2.75, 3.05) is 5.43 Å². The van der Waals surface area contributed by atoms with Gasteiger partial charge in [0.05, 0.1) is 11.8 Å². The Bertz CT molecular complexity index is 1080. The number of aromatic amines is 1. The van der Waals surface area contributed by atoms with Crippen molar-refractivity contribution >= 4 is 29.0 Å². The van der Waals surface area contributed by atoms with E-state index >= 15 is 0 Å². The lowest BCUT2D eigenvalue weighted by Crippen LogP contribution is -2.24. The third-order valence-corrected chi connectivity index (χ3v) is 3.73. The van der Waals surface area contributed by atoms with Gasteiger partial charge in [-0.3, -0.25) is 10.2 Å². The molecule has 0 saturated carbocycles. The zero-order valence-corrected chi connectivity index (χ0v) is 13.1. The molecule has 4 aromatic rings. The van der Waals surface area contributed by atoms with Crippen LogP contribution in [0.2, 0.25) is 0 Å². The zero-order valence-electron chi connectivity index (χ0n) is 12.3. The topological polar surface area (TPSA) is 88.7 Å². The van der Waals surface area contributed by atoms with Crippen LogP contribution < -0.4 is 5.43 Å². The predicted octanol–water partition coefficient (Wildman–Crippen LogP) is 3.13. The first-order valence-corrected chi connectivity index (χ1v) is 7.51. The molecule has 24 heavy (non-hydrogen) atoms. The number of para-hydroxylation sites is 1. The minimum absolute atomic E-state index is 0.246. The minimum Gasteiger partial charge on any atom is -0.461 e.